The van der Waals surface area contributed by atoms with Crippen LogP contribution in [0.4, 0.5) is 0 Å². The Bertz CT molecular complexity index is 282. The van der Waals surface area contributed by atoms with Crippen LogP contribution in [-0.4, -0.2) is 61.0 Å². The smallest absolute Gasteiger partial charge is 0.0679 e. The summed E-state index contributed by atoms with van der Waals surface area (Å²) in [6.45, 7) is 12.3. The molecule has 0 radical (unpaired) electrons. The second-order valence-electron chi connectivity index (χ2n) is 7.44. The molecule has 0 aromatic carbocycles. The van der Waals surface area contributed by atoms with E-state index < -0.39 is 0 Å². The van der Waals surface area contributed by atoms with Gasteiger partial charge in [0.05, 0.1) is 12.7 Å². The van der Waals surface area contributed by atoms with Gasteiger partial charge >= 0.3 is 0 Å². The number of nitrogens with zero attached hydrogens (tertiary/aromatic N) is 1. The van der Waals surface area contributed by atoms with E-state index in [1.807, 2.05) is 0 Å². The topological polar surface area (TPSA) is 44.7 Å². The van der Waals surface area contributed by atoms with Crippen molar-refractivity contribution in [3.8, 4) is 0 Å². The van der Waals surface area contributed by atoms with E-state index in [4.69, 9.17) is 4.74 Å². The molecular weight excluding hydrogens is 240 g/mol. The average molecular weight is 270 g/mol. The number of hydrogen-bond acceptors (Lipinski definition) is 4. The molecule has 112 valence electrons. The molecule has 2 rings (SSSR count). The zero-order chi connectivity index (χ0) is 13.9. The summed E-state index contributed by atoms with van der Waals surface area (Å²) >= 11 is 0. The van der Waals surface area contributed by atoms with Crippen LogP contribution >= 0.6 is 0 Å². The lowest BCUT2D eigenvalue weighted by Gasteiger charge is -2.41. The van der Waals surface area contributed by atoms with Gasteiger partial charge in [0.2, 0.25) is 0 Å². The average Bonchev–Trinajstić information content (AvgIpc) is 2.73. The van der Waals surface area contributed by atoms with Crippen LogP contribution in [0.2, 0.25) is 0 Å². The van der Waals surface area contributed by atoms with Gasteiger partial charge in [0.25, 0.3) is 0 Å². The Morgan fingerprint density at radius 3 is 2.74 bits per heavy atom. The lowest BCUT2D eigenvalue weighted by Crippen LogP contribution is -2.52. The minimum atomic E-state index is -0.128. The van der Waals surface area contributed by atoms with Crippen molar-refractivity contribution in [3.63, 3.8) is 0 Å². The maximum absolute atomic E-state index is 9.68. The van der Waals surface area contributed by atoms with E-state index in [9.17, 15) is 5.11 Å². The lowest BCUT2D eigenvalue weighted by molar-refractivity contribution is -0.0269. The molecule has 2 N–H and O–H groups in total. The van der Waals surface area contributed by atoms with Gasteiger partial charge in [-0.1, -0.05) is 0 Å². The van der Waals surface area contributed by atoms with Crippen molar-refractivity contribution in [3.05, 3.63) is 0 Å². The molecule has 2 atom stereocenters. The van der Waals surface area contributed by atoms with Gasteiger partial charge in [0, 0.05) is 43.7 Å². The summed E-state index contributed by atoms with van der Waals surface area (Å²) in [6.07, 6.45) is 3.17. The van der Waals surface area contributed by atoms with Gasteiger partial charge in [-0.25, -0.2) is 0 Å². The number of β-amino-alcohol motifs (C(OH)–C–C–N with tert-alkyl or cyclic N) is 1. The number of rotatable bonds is 4. The van der Waals surface area contributed by atoms with Crippen LogP contribution < -0.4 is 5.32 Å². The summed E-state index contributed by atoms with van der Waals surface area (Å²) in [5.41, 5.74) is 0.366. The molecule has 0 aromatic heterocycles. The highest BCUT2D eigenvalue weighted by molar-refractivity contribution is 4.91. The van der Waals surface area contributed by atoms with Gasteiger partial charge in [-0.15, -0.1) is 0 Å². The highest BCUT2D eigenvalue weighted by atomic mass is 16.5. The minimum absolute atomic E-state index is 0.128. The first kappa shape index (κ1) is 15.2. The SMILES string of the molecule is CC(C)(C)NCC1(CN2CCC(O)C2)CCCOC1. The fourth-order valence-electron chi connectivity index (χ4n) is 3.11. The molecule has 2 aliphatic heterocycles. The molecule has 19 heavy (non-hydrogen) atoms. The van der Waals surface area contributed by atoms with Crippen LogP contribution in [0.5, 0.6) is 0 Å². The standard InChI is InChI=1S/C15H30N2O2/c1-14(2,3)16-10-15(6-4-8-19-12-15)11-17-7-5-13(18)9-17/h13,16,18H,4-12H2,1-3H3. The van der Waals surface area contributed by atoms with E-state index in [0.29, 0.717) is 0 Å². The Kier molecular flexibility index (Phi) is 4.88. The highest BCUT2D eigenvalue weighted by Gasteiger charge is 2.37. The van der Waals surface area contributed by atoms with Gasteiger partial charge in [0.15, 0.2) is 0 Å². The minimum Gasteiger partial charge on any atom is -0.392 e. The zero-order valence-corrected chi connectivity index (χ0v) is 12.7. The van der Waals surface area contributed by atoms with Gasteiger partial charge < -0.3 is 15.2 Å². The van der Waals surface area contributed by atoms with E-state index in [0.717, 1.165) is 52.2 Å². The molecule has 2 unspecified atom stereocenters. The van der Waals surface area contributed by atoms with Gasteiger partial charge in [-0.05, 0) is 40.0 Å². The van der Waals surface area contributed by atoms with Crippen LogP contribution in [0, 0.1) is 5.41 Å². The molecule has 4 heteroatoms. The third-order valence-electron chi connectivity index (χ3n) is 4.20. The first-order valence-electron chi connectivity index (χ1n) is 7.62. The Morgan fingerprint density at radius 1 is 1.42 bits per heavy atom. The molecule has 0 aromatic rings. The summed E-state index contributed by atoms with van der Waals surface area (Å²) < 4.78 is 5.76. The third-order valence-corrected chi connectivity index (χ3v) is 4.20. The summed E-state index contributed by atoms with van der Waals surface area (Å²) in [7, 11) is 0. The molecule has 0 amide bonds. The van der Waals surface area contributed by atoms with E-state index in [1.165, 1.54) is 6.42 Å². The zero-order valence-electron chi connectivity index (χ0n) is 12.7. The molecule has 0 saturated carbocycles. The van der Waals surface area contributed by atoms with Crippen molar-refractivity contribution in [2.45, 2.75) is 51.7 Å². The van der Waals surface area contributed by atoms with Gasteiger partial charge in [-0.3, -0.25) is 4.90 Å². The predicted octanol–water partition coefficient (Wildman–Crippen LogP) is 1.24. The molecule has 0 bridgehead atoms. The maximum Gasteiger partial charge on any atom is 0.0679 e. The maximum atomic E-state index is 9.68. The third kappa shape index (κ3) is 4.71. The number of aliphatic hydroxyl groups excluding tert-OH is 1. The van der Waals surface area contributed by atoms with Crippen molar-refractivity contribution in [1.29, 1.82) is 0 Å². The highest BCUT2D eigenvalue weighted by Crippen LogP contribution is 2.31. The molecule has 2 fully saturated rings. The number of nitrogens with one attached hydrogen (secondary N) is 1. The van der Waals surface area contributed by atoms with Crippen molar-refractivity contribution in [2.75, 3.05) is 39.4 Å². The van der Waals surface area contributed by atoms with Crippen LogP contribution in [0.15, 0.2) is 0 Å². The van der Waals surface area contributed by atoms with E-state index in [-0.39, 0.29) is 17.1 Å². The Labute approximate surface area is 117 Å². The summed E-state index contributed by atoms with van der Waals surface area (Å²) in [5.74, 6) is 0. The normalized spacial score (nSPS) is 33.8. The molecule has 0 aliphatic carbocycles. The summed E-state index contributed by atoms with van der Waals surface area (Å²) in [4.78, 5) is 2.41. The fraction of sp³-hybridized carbons (Fsp3) is 1.00. The first-order chi connectivity index (χ1) is 8.89. The molecule has 4 nitrogen and oxygen atoms in total. The van der Waals surface area contributed by atoms with Crippen LogP contribution in [0.3, 0.4) is 0 Å². The molecule has 2 saturated heterocycles. The summed E-state index contributed by atoms with van der Waals surface area (Å²) in [5, 5.41) is 13.3. The fourth-order valence-corrected chi connectivity index (χ4v) is 3.11. The molecular formula is C15H30N2O2. The van der Waals surface area contributed by atoms with Crippen molar-refractivity contribution < 1.29 is 9.84 Å². The lowest BCUT2D eigenvalue weighted by atomic mass is 9.81. The van der Waals surface area contributed by atoms with E-state index >= 15 is 0 Å². The first-order valence-corrected chi connectivity index (χ1v) is 7.62. The quantitative estimate of drug-likeness (QED) is 0.807. The van der Waals surface area contributed by atoms with Crippen LogP contribution in [0.1, 0.15) is 40.0 Å². The Morgan fingerprint density at radius 2 is 2.21 bits per heavy atom. The van der Waals surface area contributed by atoms with Crippen molar-refractivity contribution >= 4 is 0 Å². The van der Waals surface area contributed by atoms with Gasteiger partial charge in [-0.2, -0.15) is 0 Å². The van der Waals surface area contributed by atoms with E-state index in [1.54, 1.807) is 0 Å². The van der Waals surface area contributed by atoms with E-state index in [2.05, 4.69) is 31.0 Å². The Balaban J connectivity index is 1.93. The molecule has 0 spiro atoms. The predicted molar refractivity (Wildman–Crippen MR) is 77.3 cm³/mol. The molecule has 2 heterocycles. The second kappa shape index (κ2) is 6.08. The van der Waals surface area contributed by atoms with Crippen LogP contribution in [0.25, 0.3) is 0 Å². The molecule has 2 aliphatic rings. The number of ether oxygens (including phenoxy) is 1. The monoisotopic (exact) mass is 270 g/mol. The van der Waals surface area contributed by atoms with Crippen molar-refractivity contribution in [2.24, 2.45) is 5.41 Å². The largest absolute Gasteiger partial charge is 0.392 e. The summed E-state index contributed by atoms with van der Waals surface area (Å²) in [6, 6.07) is 0. The van der Waals surface area contributed by atoms with Gasteiger partial charge in [0.1, 0.15) is 0 Å². The number of aliphatic hydroxyl groups is 1. The number of hydrogen-bond donors (Lipinski definition) is 2. The number of likely N-dealkylation sites (tertiary alicyclic amines) is 1. The van der Waals surface area contributed by atoms with Crippen LogP contribution in [-0.2, 0) is 4.74 Å². The second-order valence-corrected chi connectivity index (χ2v) is 7.44. The Hall–Kier alpha value is -0.160. The van der Waals surface area contributed by atoms with Crippen molar-refractivity contribution in [1.82, 2.24) is 10.2 Å².